The molecule has 0 amide bonds. The number of aryl methyl sites for hydroxylation is 2. The second kappa shape index (κ2) is 9.13. The summed E-state index contributed by atoms with van der Waals surface area (Å²) in [7, 11) is 3.19. The molecule has 168 valence electrons. The molecule has 0 fully saturated rings. The topological polar surface area (TPSA) is 99.5 Å². The first-order valence-corrected chi connectivity index (χ1v) is 10.6. The highest BCUT2D eigenvalue weighted by molar-refractivity contribution is 5.55. The van der Waals surface area contributed by atoms with Crippen LogP contribution in [0.1, 0.15) is 28.3 Å². The van der Waals surface area contributed by atoms with E-state index in [4.69, 9.17) is 19.9 Å². The Kier molecular flexibility index (Phi) is 6.09. The van der Waals surface area contributed by atoms with Crippen molar-refractivity contribution < 1.29 is 14.2 Å². The molecule has 7 nitrogen and oxygen atoms in total. The maximum atomic E-state index is 13.7. The molecule has 1 aliphatic rings. The van der Waals surface area contributed by atoms with Gasteiger partial charge in [0.2, 0.25) is 5.88 Å². The van der Waals surface area contributed by atoms with Gasteiger partial charge in [-0.2, -0.15) is 5.26 Å². The van der Waals surface area contributed by atoms with Crippen molar-refractivity contribution in [2.75, 3.05) is 14.2 Å². The minimum Gasteiger partial charge on any atom is -0.493 e. The van der Waals surface area contributed by atoms with E-state index in [1.807, 2.05) is 61.5 Å². The van der Waals surface area contributed by atoms with E-state index in [2.05, 4.69) is 6.07 Å². The van der Waals surface area contributed by atoms with Gasteiger partial charge >= 0.3 is 0 Å². The Labute approximate surface area is 192 Å². The van der Waals surface area contributed by atoms with E-state index >= 15 is 0 Å². The first-order valence-electron chi connectivity index (χ1n) is 10.6. The molecule has 1 aromatic heterocycles. The zero-order chi connectivity index (χ0) is 23.5. The van der Waals surface area contributed by atoms with E-state index in [0.717, 1.165) is 16.8 Å². The summed E-state index contributed by atoms with van der Waals surface area (Å²) < 4.78 is 18.1. The number of hydrogen-bond donors (Lipinski definition) is 1. The number of nitrogens with zero attached hydrogens (tertiary/aromatic N) is 2. The molecule has 3 aromatic rings. The Bertz CT molecular complexity index is 1320. The molecule has 4 rings (SSSR count). The van der Waals surface area contributed by atoms with Gasteiger partial charge in [0.05, 0.1) is 25.7 Å². The lowest BCUT2D eigenvalue weighted by molar-refractivity contribution is 0.354. The summed E-state index contributed by atoms with van der Waals surface area (Å²) in [5, 5.41) is 9.78. The Morgan fingerprint density at radius 3 is 2.48 bits per heavy atom. The smallest absolute Gasteiger partial charge is 0.258 e. The van der Waals surface area contributed by atoms with Crippen molar-refractivity contribution in [3.05, 3.63) is 98.8 Å². The molecule has 7 heteroatoms. The van der Waals surface area contributed by atoms with Crippen LogP contribution < -0.4 is 25.5 Å². The molecule has 0 bridgehead atoms. The summed E-state index contributed by atoms with van der Waals surface area (Å²) in [5.74, 6) is 1.13. The maximum absolute atomic E-state index is 13.7. The monoisotopic (exact) mass is 443 g/mol. The van der Waals surface area contributed by atoms with Crippen molar-refractivity contribution in [1.29, 1.82) is 5.26 Å². The highest BCUT2D eigenvalue weighted by Gasteiger charge is 2.34. The van der Waals surface area contributed by atoms with Crippen LogP contribution in [0.25, 0.3) is 0 Å². The lowest BCUT2D eigenvalue weighted by atomic mass is 9.84. The number of fused-ring (bicyclic) bond motifs is 1. The minimum absolute atomic E-state index is 0.0285. The van der Waals surface area contributed by atoms with Gasteiger partial charge in [0.1, 0.15) is 17.4 Å². The predicted molar refractivity (Wildman–Crippen MR) is 124 cm³/mol. The van der Waals surface area contributed by atoms with E-state index in [0.29, 0.717) is 35.8 Å². The molecule has 0 aliphatic carbocycles. The molecular formula is C26H25N3O4. The van der Waals surface area contributed by atoms with Crippen LogP contribution >= 0.6 is 0 Å². The van der Waals surface area contributed by atoms with Crippen molar-refractivity contribution >= 4 is 0 Å². The second-order valence-electron chi connectivity index (χ2n) is 7.80. The summed E-state index contributed by atoms with van der Waals surface area (Å²) in [6.45, 7) is 2.31. The van der Waals surface area contributed by atoms with E-state index in [1.54, 1.807) is 18.8 Å². The van der Waals surface area contributed by atoms with Gasteiger partial charge in [-0.3, -0.25) is 4.79 Å². The fraction of sp³-hybridized carbons (Fsp3) is 0.231. The average Bonchev–Trinajstić information content (AvgIpc) is 2.83. The van der Waals surface area contributed by atoms with E-state index in [-0.39, 0.29) is 17.0 Å². The van der Waals surface area contributed by atoms with Gasteiger partial charge in [0.15, 0.2) is 11.5 Å². The average molecular weight is 444 g/mol. The van der Waals surface area contributed by atoms with Crippen LogP contribution in [0.15, 0.2) is 70.8 Å². The molecule has 1 atom stereocenters. The van der Waals surface area contributed by atoms with Crippen LogP contribution in [-0.2, 0) is 13.0 Å². The molecule has 2 aromatic carbocycles. The molecule has 0 saturated carbocycles. The number of hydrogen-bond acceptors (Lipinski definition) is 6. The number of pyridine rings is 1. The molecule has 0 radical (unpaired) electrons. The Balaban J connectivity index is 1.76. The van der Waals surface area contributed by atoms with Crippen LogP contribution in [0.3, 0.4) is 0 Å². The van der Waals surface area contributed by atoms with Gasteiger partial charge in [-0.1, -0.05) is 36.4 Å². The van der Waals surface area contributed by atoms with Crippen molar-refractivity contribution in [1.82, 2.24) is 4.57 Å². The van der Waals surface area contributed by atoms with E-state index in [1.165, 1.54) is 0 Å². The number of nitriles is 1. The number of benzene rings is 2. The number of allylic oxidation sites excluding steroid dienone is 1. The molecular weight excluding hydrogens is 418 g/mol. The van der Waals surface area contributed by atoms with Crippen molar-refractivity contribution in [2.45, 2.75) is 25.8 Å². The summed E-state index contributed by atoms with van der Waals surface area (Å²) in [6, 6.07) is 19.1. The molecule has 1 unspecified atom stereocenters. The highest BCUT2D eigenvalue weighted by Crippen LogP contribution is 2.40. The van der Waals surface area contributed by atoms with Crippen molar-refractivity contribution in [2.24, 2.45) is 5.73 Å². The fourth-order valence-corrected chi connectivity index (χ4v) is 4.22. The van der Waals surface area contributed by atoms with Crippen LogP contribution in [-0.4, -0.2) is 18.8 Å². The Morgan fingerprint density at radius 2 is 1.82 bits per heavy atom. The number of methoxy groups -OCH3 is 2. The number of aromatic nitrogens is 1. The van der Waals surface area contributed by atoms with E-state index in [9.17, 15) is 10.1 Å². The first-order chi connectivity index (χ1) is 16.0. The Hall–Kier alpha value is -4.18. The zero-order valence-electron chi connectivity index (χ0n) is 18.8. The number of nitrogens with two attached hydrogens (primary N) is 1. The predicted octanol–water partition coefficient (Wildman–Crippen LogP) is 3.63. The van der Waals surface area contributed by atoms with Gasteiger partial charge in [0.25, 0.3) is 5.56 Å². The van der Waals surface area contributed by atoms with Crippen molar-refractivity contribution in [3.63, 3.8) is 0 Å². The molecule has 33 heavy (non-hydrogen) atoms. The highest BCUT2D eigenvalue weighted by atomic mass is 16.5. The van der Waals surface area contributed by atoms with E-state index < -0.39 is 5.92 Å². The largest absolute Gasteiger partial charge is 0.493 e. The third kappa shape index (κ3) is 4.03. The molecule has 2 heterocycles. The zero-order valence-corrected chi connectivity index (χ0v) is 18.8. The van der Waals surface area contributed by atoms with Crippen LogP contribution in [0.5, 0.6) is 17.2 Å². The van der Waals surface area contributed by atoms with Crippen LogP contribution in [0, 0.1) is 18.3 Å². The molecule has 0 spiro atoms. The summed E-state index contributed by atoms with van der Waals surface area (Å²) in [5.41, 5.74) is 9.10. The molecule has 1 aliphatic heterocycles. The lowest BCUT2D eigenvalue weighted by Crippen LogP contribution is -2.33. The van der Waals surface area contributed by atoms with Crippen LogP contribution in [0.2, 0.25) is 0 Å². The molecule has 2 N–H and O–H groups in total. The summed E-state index contributed by atoms with van der Waals surface area (Å²) >= 11 is 0. The van der Waals surface area contributed by atoms with Gasteiger partial charge in [-0.15, -0.1) is 0 Å². The van der Waals surface area contributed by atoms with Gasteiger partial charge in [-0.05, 0) is 36.6 Å². The summed E-state index contributed by atoms with van der Waals surface area (Å²) in [6.07, 6.45) is 0.611. The summed E-state index contributed by atoms with van der Waals surface area (Å²) in [4.78, 5) is 13.7. The Morgan fingerprint density at radius 1 is 1.09 bits per heavy atom. The number of ether oxygens (including phenoxy) is 3. The van der Waals surface area contributed by atoms with Gasteiger partial charge < -0.3 is 24.5 Å². The quantitative estimate of drug-likeness (QED) is 0.625. The minimum atomic E-state index is -0.583. The standard InChI is InChI=1S/C26H25N3O4/c1-16-13-22-24(23(18-7-5-4-6-8-18)19(15-27)25(28)33-22)26(30)29(16)12-11-17-9-10-20(31-2)21(14-17)32-3/h4-10,13-14,23H,11-12,28H2,1-3H3. The third-order valence-electron chi connectivity index (χ3n) is 5.89. The third-order valence-corrected chi connectivity index (χ3v) is 5.89. The van der Waals surface area contributed by atoms with Crippen LogP contribution in [0.4, 0.5) is 0 Å². The SMILES string of the molecule is COc1ccc(CCn2c(C)cc3c(c2=O)C(c2ccccc2)C(C#N)=C(N)O3)cc1OC. The van der Waals surface area contributed by atoms with Gasteiger partial charge in [-0.25, -0.2) is 0 Å². The second-order valence-corrected chi connectivity index (χ2v) is 7.80. The van der Waals surface area contributed by atoms with Crippen molar-refractivity contribution in [3.8, 4) is 23.3 Å². The lowest BCUT2D eigenvalue weighted by Gasteiger charge is -2.27. The van der Waals surface area contributed by atoms with Gasteiger partial charge in [0, 0.05) is 18.3 Å². The first kappa shape index (κ1) is 22.0. The fourth-order valence-electron chi connectivity index (χ4n) is 4.22. The number of rotatable bonds is 6. The normalized spacial score (nSPS) is 14.8. The molecule has 0 saturated heterocycles. The maximum Gasteiger partial charge on any atom is 0.258 e.